The first-order chi connectivity index (χ1) is 6.72. The highest BCUT2D eigenvalue weighted by atomic mass is 79.9. The minimum absolute atomic E-state index is 0.0903. The first-order valence-electron chi connectivity index (χ1n) is 4.29. The number of halogens is 1. The Bertz CT molecular complexity index is 304. The molecule has 1 aromatic carbocycles. The van der Waals surface area contributed by atoms with Crippen molar-refractivity contribution in [2.45, 2.75) is 4.83 Å². The molecule has 0 saturated carbocycles. The van der Waals surface area contributed by atoms with Gasteiger partial charge in [-0.3, -0.25) is 0 Å². The Morgan fingerprint density at radius 2 is 2.07 bits per heavy atom. The van der Waals surface area contributed by atoms with Crippen LogP contribution in [-0.2, 0) is 0 Å². The van der Waals surface area contributed by atoms with Gasteiger partial charge in [0.1, 0.15) is 11.5 Å². The second-order valence-corrected chi connectivity index (χ2v) is 3.92. The van der Waals surface area contributed by atoms with E-state index < -0.39 is 0 Å². The van der Waals surface area contributed by atoms with E-state index in [-0.39, 0.29) is 4.83 Å². The molecule has 4 heteroatoms. The van der Waals surface area contributed by atoms with E-state index in [9.17, 15) is 0 Å². The molecule has 0 saturated heterocycles. The van der Waals surface area contributed by atoms with E-state index in [0.29, 0.717) is 6.54 Å². The third-order valence-corrected chi connectivity index (χ3v) is 2.85. The number of hydrogen-bond acceptors (Lipinski definition) is 3. The summed E-state index contributed by atoms with van der Waals surface area (Å²) < 4.78 is 10.4. The summed E-state index contributed by atoms with van der Waals surface area (Å²) >= 11 is 3.48. The Hall–Kier alpha value is -0.740. The Kier molecular flexibility index (Phi) is 4.22. The molecule has 0 radical (unpaired) electrons. The summed E-state index contributed by atoms with van der Waals surface area (Å²) in [6.07, 6.45) is 0. The standard InChI is InChI=1S/C10H14BrNO2/c1-13-7-3-4-10(14-2)8(5-7)9(11)6-12/h3-5,9H,6,12H2,1-2H3. The molecule has 0 amide bonds. The van der Waals surface area contributed by atoms with Crippen LogP contribution in [0.15, 0.2) is 18.2 Å². The maximum Gasteiger partial charge on any atom is 0.123 e. The minimum Gasteiger partial charge on any atom is -0.497 e. The SMILES string of the molecule is COc1ccc(OC)c(C(Br)CN)c1. The highest BCUT2D eigenvalue weighted by Gasteiger charge is 2.12. The summed E-state index contributed by atoms with van der Waals surface area (Å²) in [6, 6.07) is 5.65. The second-order valence-electron chi connectivity index (χ2n) is 2.81. The largest absolute Gasteiger partial charge is 0.497 e. The van der Waals surface area contributed by atoms with E-state index in [1.165, 1.54) is 0 Å². The number of hydrogen-bond donors (Lipinski definition) is 1. The van der Waals surface area contributed by atoms with Gasteiger partial charge in [-0.1, -0.05) is 15.9 Å². The molecule has 1 unspecified atom stereocenters. The topological polar surface area (TPSA) is 44.5 Å². The highest BCUT2D eigenvalue weighted by molar-refractivity contribution is 9.09. The number of benzene rings is 1. The van der Waals surface area contributed by atoms with Crippen LogP contribution in [0, 0.1) is 0 Å². The van der Waals surface area contributed by atoms with Gasteiger partial charge in [0.05, 0.1) is 19.0 Å². The lowest BCUT2D eigenvalue weighted by molar-refractivity contribution is 0.398. The molecule has 1 atom stereocenters. The first kappa shape index (κ1) is 11.3. The third kappa shape index (κ3) is 2.39. The first-order valence-corrected chi connectivity index (χ1v) is 5.20. The average Bonchev–Trinajstić information content (AvgIpc) is 2.27. The van der Waals surface area contributed by atoms with Gasteiger partial charge in [0.15, 0.2) is 0 Å². The molecular formula is C10H14BrNO2. The van der Waals surface area contributed by atoms with Crippen molar-refractivity contribution in [2.24, 2.45) is 5.73 Å². The normalized spacial score (nSPS) is 12.3. The monoisotopic (exact) mass is 259 g/mol. The van der Waals surface area contributed by atoms with Gasteiger partial charge in [-0.2, -0.15) is 0 Å². The Labute approximate surface area is 92.3 Å². The van der Waals surface area contributed by atoms with E-state index in [1.54, 1.807) is 14.2 Å². The molecule has 0 aliphatic carbocycles. The van der Waals surface area contributed by atoms with Crippen molar-refractivity contribution in [1.82, 2.24) is 0 Å². The van der Waals surface area contributed by atoms with Crippen LogP contribution < -0.4 is 15.2 Å². The van der Waals surface area contributed by atoms with Crippen molar-refractivity contribution in [3.8, 4) is 11.5 Å². The number of ether oxygens (including phenoxy) is 2. The summed E-state index contributed by atoms with van der Waals surface area (Å²) in [4.78, 5) is 0.0903. The van der Waals surface area contributed by atoms with E-state index in [2.05, 4.69) is 15.9 Å². The molecule has 0 aliphatic heterocycles. The van der Waals surface area contributed by atoms with Crippen LogP contribution in [0.1, 0.15) is 10.4 Å². The van der Waals surface area contributed by atoms with Crippen LogP contribution in [0.4, 0.5) is 0 Å². The van der Waals surface area contributed by atoms with E-state index in [4.69, 9.17) is 15.2 Å². The molecule has 0 fully saturated rings. The Morgan fingerprint density at radius 3 is 2.57 bits per heavy atom. The zero-order chi connectivity index (χ0) is 10.6. The summed E-state index contributed by atoms with van der Waals surface area (Å²) in [5.41, 5.74) is 6.58. The molecule has 78 valence electrons. The van der Waals surface area contributed by atoms with Crippen LogP contribution in [0.25, 0.3) is 0 Å². The molecule has 0 heterocycles. The molecule has 1 rings (SSSR count). The fraction of sp³-hybridized carbons (Fsp3) is 0.400. The summed E-state index contributed by atoms with van der Waals surface area (Å²) in [6.45, 7) is 0.517. The predicted molar refractivity (Wildman–Crippen MR) is 60.3 cm³/mol. The van der Waals surface area contributed by atoms with Gasteiger partial charge in [-0.25, -0.2) is 0 Å². The van der Waals surface area contributed by atoms with Gasteiger partial charge in [-0.15, -0.1) is 0 Å². The number of methoxy groups -OCH3 is 2. The number of rotatable bonds is 4. The van der Waals surface area contributed by atoms with Crippen LogP contribution in [0.5, 0.6) is 11.5 Å². The Morgan fingerprint density at radius 1 is 1.36 bits per heavy atom. The van der Waals surface area contributed by atoms with Crippen molar-refractivity contribution < 1.29 is 9.47 Å². The maximum absolute atomic E-state index is 5.58. The van der Waals surface area contributed by atoms with E-state index >= 15 is 0 Å². The third-order valence-electron chi connectivity index (χ3n) is 1.98. The van der Waals surface area contributed by atoms with Crippen molar-refractivity contribution in [3.05, 3.63) is 23.8 Å². The maximum atomic E-state index is 5.58. The van der Waals surface area contributed by atoms with Crippen molar-refractivity contribution in [1.29, 1.82) is 0 Å². The molecule has 0 aliphatic rings. The van der Waals surface area contributed by atoms with Gasteiger partial charge in [0, 0.05) is 12.1 Å². The predicted octanol–water partition coefficient (Wildman–Crippen LogP) is 2.10. The van der Waals surface area contributed by atoms with Crippen molar-refractivity contribution in [3.63, 3.8) is 0 Å². The zero-order valence-electron chi connectivity index (χ0n) is 8.29. The number of alkyl halides is 1. The summed E-state index contributed by atoms with van der Waals surface area (Å²) in [5.74, 6) is 1.62. The van der Waals surface area contributed by atoms with Crippen LogP contribution in [0.3, 0.4) is 0 Å². The fourth-order valence-corrected chi connectivity index (χ4v) is 1.57. The van der Waals surface area contributed by atoms with Crippen LogP contribution in [0.2, 0.25) is 0 Å². The minimum atomic E-state index is 0.0903. The van der Waals surface area contributed by atoms with Crippen molar-refractivity contribution >= 4 is 15.9 Å². The van der Waals surface area contributed by atoms with Crippen LogP contribution in [-0.4, -0.2) is 20.8 Å². The van der Waals surface area contributed by atoms with E-state index in [0.717, 1.165) is 17.1 Å². The highest BCUT2D eigenvalue weighted by Crippen LogP contribution is 2.33. The van der Waals surface area contributed by atoms with Gasteiger partial charge in [-0.05, 0) is 18.2 Å². The number of nitrogens with two attached hydrogens (primary N) is 1. The lowest BCUT2D eigenvalue weighted by Crippen LogP contribution is -2.07. The van der Waals surface area contributed by atoms with Crippen molar-refractivity contribution in [2.75, 3.05) is 20.8 Å². The zero-order valence-corrected chi connectivity index (χ0v) is 9.87. The summed E-state index contributed by atoms with van der Waals surface area (Å²) in [5, 5.41) is 0. The molecule has 2 N–H and O–H groups in total. The fourth-order valence-electron chi connectivity index (χ4n) is 1.21. The lowest BCUT2D eigenvalue weighted by Gasteiger charge is -2.13. The Balaban J connectivity index is 3.08. The molecule has 0 aromatic heterocycles. The average molecular weight is 260 g/mol. The van der Waals surface area contributed by atoms with Gasteiger partial charge in [0.2, 0.25) is 0 Å². The van der Waals surface area contributed by atoms with Gasteiger partial charge >= 0.3 is 0 Å². The van der Waals surface area contributed by atoms with E-state index in [1.807, 2.05) is 18.2 Å². The van der Waals surface area contributed by atoms with Gasteiger partial charge in [0.25, 0.3) is 0 Å². The molecule has 0 spiro atoms. The summed E-state index contributed by atoms with van der Waals surface area (Å²) in [7, 11) is 3.28. The van der Waals surface area contributed by atoms with Gasteiger partial charge < -0.3 is 15.2 Å². The second kappa shape index (κ2) is 5.22. The molecule has 3 nitrogen and oxygen atoms in total. The van der Waals surface area contributed by atoms with Crippen LogP contribution >= 0.6 is 15.9 Å². The molecule has 0 bridgehead atoms. The molecule has 1 aromatic rings. The smallest absolute Gasteiger partial charge is 0.123 e. The lowest BCUT2D eigenvalue weighted by atomic mass is 10.1. The molecular weight excluding hydrogens is 246 g/mol. The quantitative estimate of drug-likeness (QED) is 0.843. The molecule has 14 heavy (non-hydrogen) atoms.